The second-order valence-corrected chi connectivity index (χ2v) is 10.5. The van der Waals surface area contributed by atoms with Crippen molar-refractivity contribution in [2.75, 3.05) is 5.32 Å². The van der Waals surface area contributed by atoms with Gasteiger partial charge in [-0.05, 0) is 60.0 Å². The molecule has 0 aliphatic carbocycles. The number of nitrogens with one attached hydrogen (secondary N) is 1. The number of amides is 1. The Bertz CT molecular complexity index is 1650. The number of halogens is 4. The maximum absolute atomic E-state index is 13.7. The van der Waals surface area contributed by atoms with Crippen molar-refractivity contribution >= 4 is 35.0 Å². The molecule has 0 radical (unpaired) electrons. The molecule has 208 valence electrons. The molecule has 2 heterocycles. The van der Waals surface area contributed by atoms with Gasteiger partial charge in [-0.2, -0.15) is 13.2 Å². The maximum atomic E-state index is 13.7. The topological polar surface area (TPSA) is 72.7 Å². The van der Waals surface area contributed by atoms with Gasteiger partial charge in [-0.1, -0.05) is 72.8 Å². The first-order valence-corrected chi connectivity index (χ1v) is 13.8. The normalized spacial score (nSPS) is 12.2. The summed E-state index contributed by atoms with van der Waals surface area (Å²) in [5.41, 5.74) is 2.28. The van der Waals surface area contributed by atoms with Crippen molar-refractivity contribution < 1.29 is 18.0 Å². The lowest BCUT2D eigenvalue weighted by Gasteiger charge is -2.19. The van der Waals surface area contributed by atoms with Crippen LogP contribution >= 0.6 is 23.4 Å². The molecule has 1 atom stereocenters. The van der Waals surface area contributed by atoms with Crippen molar-refractivity contribution in [1.29, 1.82) is 0 Å². The molecule has 0 spiro atoms. The van der Waals surface area contributed by atoms with Crippen molar-refractivity contribution in [2.24, 2.45) is 0 Å². The Morgan fingerprint density at radius 2 is 1.68 bits per heavy atom. The largest absolute Gasteiger partial charge is 0.416 e. The highest BCUT2D eigenvalue weighted by molar-refractivity contribution is 8.00. The van der Waals surface area contributed by atoms with E-state index in [0.29, 0.717) is 16.5 Å². The highest BCUT2D eigenvalue weighted by Crippen LogP contribution is 2.39. The zero-order chi connectivity index (χ0) is 29.0. The van der Waals surface area contributed by atoms with Gasteiger partial charge in [0.05, 0.1) is 16.3 Å². The van der Waals surface area contributed by atoms with Gasteiger partial charge in [0.15, 0.2) is 11.0 Å². The Balaban J connectivity index is 1.56. The summed E-state index contributed by atoms with van der Waals surface area (Å²) in [7, 11) is 0. The number of thioether (sulfide) groups is 1. The van der Waals surface area contributed by atoms with E-state index in [1.807, 2.05) is 47.0 Å². The summed E-state index contributed by atoms with van der Waals surface area (Å²) in [6.07, 6.45) is -0.416. The molecule has 2 aromatic heterocycles. The summed E-state index contributed by atoms with van der Waals surface area (Å²) in [6.45, 7) is 2.07. The minimum absolute atomic E-state index is 0.0117. The molecule has 1 amide bonds. The molecular weight excluding hydrogens is 571 g/mol. The van der Waals surface area contributed by atoms with Crippen LogP contribution in [0.4, 0.5) is 18.9 Å². The highest BCUT2D eigenvalue weighted by Gasteiger charge is 2.32. The van der Waals surface area contributed by atoms with Crippen LogP contribution in [0.1, 0.15) is 28.9 Å². The predicted molar refractivity (Wildman–Crippen MR) is 154 cm³/mol. The zero-order valence-electron chi connectivity index (χ0n) is 21.6. The van der Waals surface area contributed by atoms with E-state index >= 15 is 0 Å². The summed E-state index contributed by atoms with van der Waals surface area (Å²) in [5, 5.41) is 11.0. The third-order valence-corrected chi connectivity index (χ3v) is 7.82. The number of hydrogen-bond acceptors (Lipinski definition) is 5. The van der Waals surface area contributed by atoms with Gasteiger partial charge in [-0.15, -0.1) is 10.2 Å². The van der Waals surface area contributed by atoms with E-state index in [2.05, 4.69) is 27.4 Å². The van der Waals surface area contributed by atoms with Gasteiger partial charge >= 0.3 is 6.18 Å². The van der Waals surface area contributed by atoms with Crippen LogP contribution in [0.15, 0.2) is 102 Å². The molecular formula is C30H23ClF3N5OS. The molecule has 0 bridgehead atoms. The third kappa shape index (κ3) is 6.44. The zero-order valence-corrected chi connectivity index (χ0v) is 23.2. The van der Waals surface area contributed by atoms with E-state index < -0.39 is 22.9 Å². The van der Waals surface area contributed by atoms with Crippen molar-refractivity contribution in [3.8, 4) is 17.1 Å². The monoisotopic (exact) mass is 593 g/mol. The average molecular weight is 594 g/mol. The Hall–Kier alpha value is -4.15. The molecule has 0 unspecified atom stereocenters. The van der Waals surface area contributed by atoms with Gasteiger partial charge in [-0.25, -0.2) is 0 Å². The van der Waals surface area contributed by atoms with E-state index in [0.717, 1.165) is 53.2 Å². The number of nitrogens with zero attached hydrogens (tertiary/aromatic N) is 4. The number of carbonyl (C=O) groups excluding carboxylic acids is 1. The Morgan fingerprint density at radius 1 is 0.976 bits per heavy atom. The van der Waals surface area contributed by atoms with Gasteiger partial charge in [0.25, 0.3) is 0 Å². The molecule has 41 heavy (non-hydrogen) atoms. The van der Waals surface area contributed by atoms with Crippen LogP contribution in [0.3, 0.4) is 0 Å². The van der Waals surface area contributed by atoms with Crippen molar-refractivity contribution in [3.05, 3.63) is 119 Å². The standard InChI is InChI=1S/C30H23ClF3N5OS/c1-2-19-8-11-23(12-9-19)39-27(21-14-16-35-17-15-21)37-38-29(39)41-26(20-6-4-3-5-7-20)28(40)36-25-18-22(30(32,33)34)10-13-24(25)31/h3-18,26H,2H2,1H3,(H,36,40)/t26-/m0/s1. The number of carbonyl (C=O) groups is 1. The van der Waals surface area contributed by atoms with Crippen LogP contribution in [0, 0.1) is 0 Å². The first-order valence-electron chi connectivity index (χ1n) is 12.6. The fourth-order valence-corrected chi connectivity index (χ4v) is 5.37. The molecule has 5 rings (SSSR count). The van der Waals surface area contributed by atoms with Gasteiger partial charge in [0.2, 0.25) is 5.91 Å². The number of pyridine rings is 1. The Morgan fingerprint density at radius 3 is 2.34 bits per heavy atom. The number of alkyl halides is 3. The summed E-state index contributed by atoms with van der Waals surface area (Å²) in [6, 6.07) is 23.3. The number of rotatable bonds is 8. The number of hydrogen-bond donors (Lipinski definition) is 1. The minimum atomic E-state index is -4.59. The maximum Gasteiger partial charge on any atom is 0.416 e. The number of anilines is 1. The average Bonchev–Trinajstić information content (AvgIpc) is 3.41. The van der Waals surface area contributed by atoms with Crippen molar-refractivity contribution in [1.82, 2.24) is 19.7 Å². The van der Waals surface area contributed by atoms with Crippen LogP contribution < -0.4 is 5.32 Å². The second-order valence-electron chi connectivity index (χ2n) is 8.99. The van der Waals surface area contributed by atoms with Crippen LogP contribution in [-0.2, 0) is 17.4 Å². The van der Waals surface area contributed by atoms with Gasteiger partial charge in [0.1, 0.15) is 5.25 Å². The second kappa shape index (κ2) is 12.2. The molecule has 6 nitrogen and oxygen atoms in total. The molecule has 1 N–H and O–H groups in total. The molecule has 11 heteroatoms. The predicted octanol–water partition coefficient (Wildman–Crippen LogP) is 8.04. The lowest BCUT2D eigenvalue weighted by Crippen LogP contribution is -2.20. The lowest BCUT2D eigenvalue weighted by atomic mass is 10.1. The first-order chi connectivity index (χ1) is 19.7. The Labute approximate surface area is 243 Å². The first kappa shape index (κ1) is 28.4. The van der Waals surface area contributed by atoms with Crippen molar-refractivity contribution in [2.45, 2.75) is 29.9 Å². The van der Waals surface area contributed by atoms with Gasteiger partial charge < -0.3 is 5.32 Å². The fourth-order valence-electron chi connectivity index (χ4n) is 4.15. The van der Waals surface area contributed by atoms with E-state index in [-0.39, 0.29) is 10.7 Å². The number of aromatic nitrogens is 4. The van der Waals surface area contributed by atoms with E-state index in [1.165, 1.54) is 0 Å². The molecule has 0 fully saturated rings. The highest BCUT2D eigenvalue weighted by atomic mass is 35.5. The minimum Gasteiger partial charge on any atom is -0.323 e. The van der Waals surface area contributed by atoms with Gasteiger partial charge in [-0.3, -0.25) is 14.3 Å². The molecule has 5 aromatic rings. The Kier molecular flexibility index (Phi) is 8.41. The van der Waals surface area contributed by atoms with Gasteiger partial charge in [0, 0.05) is 23.6 Å². The molecule has 0 aliphatic rings. The molecule has 0 saturated carbocycles. The summed E-state index contributed by atoms with van der Waals surface area (Å²) in [4.78, 5) is 17.8. The van der Waals surface area contributed by atoms with Crippen LogP contribution in [0.5, 0.6) is 0 Å². The number of benzene rings is 3. The molecule has 0 saturated heterocycles. The third-order valence-electron chi connectivity index (χ3n) is 6.29. The van der Waals surface area contributed by atoms with E-state index in [9.17, 15) is 18.0 Å². The summed E-state index contributed by atoms with van der Waals surface area (Å²) >= 11 is 7.31. The molecule has 0 aliphatic heterocycles. The summed E-state index contributed by atoms with van der Waals surface area (Å²) in [5.74, 6) is -0.0175. The summed E-state index contributed by atoms with van der Waals surface area (Å²) < 4.78 is 41.9. The lowest BCUT2D eigenvalue weighted by molar-refractivity contribution is -0.137. The fraction of sp³-hybridized carbons (Fsp3) is 0.133. The van der Waals surface area contributed by atoms with E-state index in [4.69, 9.17) is 11.6 Å². The quantitative estimate of drug-likeness (QED) is 0.184. The van der Waals surface area contributed by atoms with Crippen LogP contribution in [0.25, 0.3) is 17.1 Å². The smallest absolute Gasteiger partial charge is 0.323 e. The SMILES string of the molecule is CCc1ccc(-n2c(S[C@H](C(=O)Nc3cc(C(F)(F)F)ccc3Cl)c3ccccc3)nnc2-c2ccncc2)cc1. The van der Waals surface area contributed by atoms with Crippen LogP contribution in [0.2, 0.25) is 5.02 Å². The van der Waals surface area contributed by atoms with Crippen LogP contribution in [-0.4, -0.2) is 25.7 Å². The van der Waals surface area contributed by atoms with E-state index in [1.54, 1.807) is 36.7 Å². The number of aryl methyl sites for hydroxylation is 1. The van der Waals surface area contributed by atoms with Crippen molar-refractivity contribution in [3.63, 3.8) is 0 Å². The molecule has 3 aromatic carbocycles.